The highest BCUT2D eigenvalue weighted by Crippen LogP contribution is 2.21. The normalized spacial score (nSPS) is 10.5. The minimum atomic E-state index is -3.81. The maximum Gasteiger partial charge on any atom is 0.261 e. The third kappa shape index (κ3) is 4.47. The highest BCUT2D eigenvalue weighted by Gasteiger charge is 2.15. The number of nitrogens with one attached hydrogen (secondary N) is 2. The molecule has 0 bridgehead atoms. The van der Waals surface area contributed by atoms with Crippen LogP contribution in [0.4, 0.5) is 11.4 Å². The van der Waals surface area contributed by atoms with Crippen molar-refractivity contribution in [2.75, 3.05) is 17.1 Å². The fourth-order valence-electron chi connectivity index (χ4n) is 1.89. The molecular formula is C16H15N3O4S. The number of hydrogen-bond donors (Lipinski definition) is 2. The highest BCUT2D eigenvalue weighted by molar-refractivity contribution is 7.92. The molecule has 2 N–H and O–H groups in total. The molecule has 8 heteroatoms. The van der Waals surface area contributed by atoms with E-state index < -0.39 is 15.9 Å². The van der Waals surface area contributed by atoms with Crippen LogP contribution < -0.4 is 14.8 Å². The maximum absolute atomic E-state index is 12.4. The molecule has 124 valence electrons. The summed E-state index contributed by atoms with van der Waals surface area (Å²) >= 11 is 0. The average molecular weight is 345 g/mol. The number of nitriles is 1. The van der Waals surface area contributed by atoms with Crippen molar-refractivity contribution >= 4 is 27.3 Å². The van der Waals surface area contributed by atoms with Crippen molar-refractivity contribution in [3.63, 3.8) is 0 Å². The van der Waals surface area contributed by atoms with Gasteiger partial charge < -0.3 is 10.1 Å². The zero-order valence-corrected chi connectivity index (χ0v) is 13.6. The summed E-state index contributed by atoms with van der Waals surface area (Å²) in [6.07, 6.45) is -0.304. The minimum absolute atomic E-state index is 0.00641. The number of rotatable bonds is 6. The first kappa shape index (κ1) is 17.3. The zero-order chi connectivity index (χ0) is 17.6. The van der Waals surface area contributed by atoms with E-state index in [0.717, 1.165) is 0 Å². The molecule has 0 unspecified atom stereocenters. The molecule has 0 saturated heterocycles. The summed E-state index contributed by atoms with van der Waals surface area (Å²) in [4.78, 5) is 11.4. The van der Waals surface area contributed by atoms with E-state index in [1.54, 1.807) is 36.4 Å². The lowest BCUT2D eigenvalue weighted by molar-refractivity contribution is -0.115. The van der Waals surface area contributed by atoms with E-state index in [1.807, 2.05) is 0 Å². The van der Waals surface area contributed by atoms with Gasteiger partial charge in [0.1, 0.15) is 12.2 Å². The van der Waals surface area contributed by atoms with E-state index in [2.05, 4.69) is 10.0 Å². The first-order chi connectivity index (χ1) is 11.4. The molecule has 2 rings (SSSR count). The molecule has 2 aromatic carbocycles. The predicted molar refractivity (Wildman–Crippen MR) is 89.1 cm³/mol. The van der Waals surface area contributed by atoms with Crippen LogP contribution in [-0.4, -0.2) is 21.4 Å². The van der Waals surface area contributed by atoms with Crippen LogP contribution in [0.1, 0.15) is 6.42 Å². The lowest BCUT2D eigenvalue weighted by atomic mass is 10.3. The van der Waals surface area contributed by atoms with E-state index in [9.17, 15) is 13.2 Å². The van der Waals surface area contributed by atoms with Crippen molar-refractivity contribution in [1.29, 1.82) is 5.26 Å². The van der Waals surface area contributed by atoms with Gasteiger partial charge in [0.25, 0.3) is 10.0 Å². The first-order valence-electron chi connectivity index (χ1n) is 6.88. The molecule has 0 heterocycles. The van der Waals surface area contributed by atoms with Crippen LogP contribution in [-0.2, 0) is 14.8 Å². The van der Waals surface area contributed by atoms with Crippen molar-refractivity contribution in [2.24, 2.45) is 0 Å². The topological polar surface area (TPSA) is 108 Å². The third-order valence-corrected chi connectivity index (χ3v) is 4.39. The highest BCUT2D eigenvalue weighted by atomic mass is 32.2. The summed E-state index contributed by atoms with van der Waals surface area (Å²) < 4.78 is 32.3. The van der Waals surface area contributed by atoms with E-state index in [4.69, 9.17) is 10.00 Å². The Kier molecular flexibility index (Phi) is 5.39. The second-order valence-corrected chi connectivity index (χ2v) is 6.43. The molecule has 0 spiro atoms. The fourth-order valence-corrected chi connectivity index (χ4v) is 3.00. The van der Waals surface area contributed by atoms with Gasteiger partial charge in [-0.05, 0) is 42.5 Å². The summed E-state index contributed by atoms with van der Waals surface area (Å²) in [6, 6.07) is 13.9. The Balaban J connectivity index is 2.19. The average Bonchev–Trinajstić information content (AvgIpc) is 2.55. The Morgan fingerprint density at radius 2 is 1.88 bits per heavy atom. The van der Waals surface area contributed by atoms with E-state index in [-0.39, 0.29) is 11.3 Å². The molecule has 0 aromatic heterocycles. The number of ether oxygens (including phenoxy) is 1. The Morgan fingerprint density at radius 3 is 2.50 bits per heavy atom. The summed E-state index contributed by atoms with van der Waals surface area (Å²) in [5, 5.41) is 10.9. The van der Waals surface area contributed by atoms with E-state index in [0.29, 0.717) is 17.1 Å². The lowest BCUT2D eigenvalue weighted by Gasteiger charge is -2.10. The first-order valence-corrected chi connectivity index (χ1v) is 8.36. The molecule has 0 aliphatic heterocycles. The summed E-state index contributed by atoms with van der Waals surface area (Å²) in [7, 11) is -2.29. The molecule has 0 radical (unpaired) electrons. The molecule has 0 saturated carbocycles. The number of amides is 1. The molecule has 0 atom stereocenters. The third-order valence-electron chi connectivity index (χ3n) is 3.01. The van der Waals surface area contributed by atoms with Crippen LogP contribution in [0.2, 0.25) is 0 Å². The van der Waals surface area contributed by atoms with Gasteiger partial charge in [-0.2, -0.15) is 5.26 Å². The number of methoxy groups -OCH3 is 1. The molecule has 24 heavy (non-hydrogen) atoms. The maximum atomic E-state index is 12.4. The molecule has 7 nitrogen and oxygen atoms in total. The van der Waals surface area contributed by atoms with Gasteiger partial charge in [-0.3, -0.25) is 9.52 Å². The SMILES string of the molecule is COc1ccc(NS(=O)(=O)c2cccc(NC(=O)CC#N)c2)cc1. The van der Waals surface area contributed by atoms with Crippen LogP contribution in [0.5, 0.6) is 5.75 Å². The Hall–Kier alpha value is -3.05. The van der Waals surface area contributed by atoms with Crippen LogP contribution in [0.3, 0.4) is 0 Å². The largest absolute Gasteiger partial charge is 0.497 e. The van der Waals surface area contributed by atoms with E-state index >= 15 is 0 Å². The molecule has 1 amide bonds. The van der Waals surface area contributed by atoms with Crippen molar-refractivity contribution < 1.29 is 17.9 Å². The smallest absolute Gasteiger partial charge is 0.261 e. The molecular weight excluding hydrogens is 330 g/mol. The standard InChI is InChI=1S/C16H15N3O4S/c1-23-14-7-5-12(6-8-14)19-24(21,22)15-4-2-3-13(11-15)18-16(20)9-10-17/h2-8,11,19H,9H2,1H3,(H,18,20). The second kappa shape index (κ2) is 7.48. The molecule has 0 fully saturated rings. The van der Waals surface area contributed by atoms with Crippen LogP contribution in [0.25, 0.3) is 0 Å². The number of nitrogens with zero attached hydrogens (tertiary/aromatic N) is 1. The van der Waals surface area contributed by atoms with Gasteiger partial charge in [0, 0.05) is 11.4 Å². The van der Waals surface area contributed by atoms with Crippen molar-refractivity contribution in [3.8, 4) is 11.8 Å². The van der Waals surface area contributed by atoms with E-state index in [1.165, 1.54) is 25.3 Å². The van der Waals surface area contributed by atoms with Gasteiger partial charge in [0.15, 0.2) is 0 Å². The number of carbonyl (C=O) groups is 1. The van der Waals surface area contributed by atoms with Crippen molar-refractivity contribution in [2.45, 2.75) is 11.3 Å². The number of sulfonamides is 1. The summed E-state index contributed by atoms with van der Waals surface area (Å²) in [6.45, 7) is 0. The van der Waals surface area contributed by atoms with Gasteiger partial charge in [-0.15, -0.1) is 0 Å². The summed E-state index contributed by atoms with van der Waals surface area (Å²) in [5.74, 6) is 0.107. The molecule has 0 aliphatic rings. The van der Waals surface area contributed by atoms with Gasteiger partial charge in [0.2, 0.25) is 5.91 Å². The van der Waals surface area contributed by atoms with Crippen LogP contribution >= 0.6 is 0 Å². The number of benzene rings is 2. The lowest BCUT2D eigenvalue weighted by Crippen LogP contribution is -2.14. The Labute approximate surface area is 139 Å². The summed E-state index contributed by atoms with van der Waals surface area (Å²) in [5.41, 5.74) is 0.683. The van der Waals surface area contributed by atoms with Crippen LogP contribution in [0.15, 0.2) is 53.4 Å². The zero-order valence-electron chi connectivity index (χ0n) is 12.8. The monoisotopic (exact) mass is 345 g/mol. The number of hydrogen-bond acceptors (Lipinski definition) is 5. The van der Waals surface area contributed by atoms with Crippen molar-refractivity contribution in [3.05, 3.63) is 48.5 Å². The quantitative estimate of drug-likeness (QED) is 0.835. The van der Waals surface area contributed by atoms with Crippen molar-refractivity contribution in [1.82, 2.24) is 0 Å². The Bertz CT molecular complexity index is 871. The van der Waals surface area contributed by atoms with Gasteiger partial charge in [0.05, 0.1) is 18.1 Å². The van der Waals surface area contributed by atoms with Gasteiger partial charge >= 0.3 is 0 Å². The minimum Gasteiger partial charge on any atom is -0.497 e. The molecule has 2 aromatic rings. The number of anilines is 2. The fraction of sp³-hybridized carbons (Fsp3) is 0.125. The van der Waals surface area contributed by atoms with Gasteiger partial charge in [-0.1, -0.05) is 6.07 Å². The number of carbonyl (C=O) groups excluding carboxylic acids is 1. The van der Waals surface area contributed by atoms with Crippen LogP contribution in [0, 0.1) is 11.3 Å². The Morgan fingerprint density at radius 1 is 1.17 bits per heavy atom. The predicted octanol–water partition coefficient (Wildman–Crippen LogP) is 2.35. The van der Waals surface area contributed by atoms with Gasteiger partial charge in [-0.25, -0.2) is 8.42 Å². The molecule has 0 aliphatic carbocycles. The second-order valence-electron chi connectivity index (χ2n) is 4.74.